The van der Waals surface area contributed by atoms with Gasteiger partial charge in [-0.3, -0.25) is 0 Å². The average molecular weight is 148 g/mol. The van der Waals surface area contributed by atoms with Crippen LogP contribution in [0, 0.1) is 0 Å². The summed E-state index contributed by atoms with van der Waals surface area (Å²) in [6.07, 6.45) is 1.16. The van der Waals surface area contributed by atoms with Crippen molar-refractivity contribution in [2.24, 2.45) is 0 Å². The summed E-state index contributed by atoms with van der Waals surface area (Å²) in [5, 5.41) is 6.34. The zero-order valence-corrected chi connectivity index (χ0v) is 6.88. The Morgan fingerprint density at radius 1 is 1.22 bits per heavy atom. The van der Waals surface area contributed by atoms with Gasteiger partial charge in [-0.15, -0.1) is 0 Å². The van der Waals surface area contributed by atoms with Crippen molar-refractivity contribution in [1.82, 2.24) is 10.6 Å². The maximum atomic E-state index is 4.09. The molecule has 56 valence electrons. The highest BCUT2D eigenvalue weighted by molar-refractivity contribution is 7.80. The average Bonchev–Trinajstić information content (AvgIpc) is 1.89. The largest absolute Gasteiger partial charge is 0.318 e. The lowest BCUT2D eigenvalue weighted by Gasteiger charge is -2.00. The van der Waals surface area contributed by atoms with Gasteiger partial charge in [-0.25, -0.2) is 0 Å². The van der Waals surface area contributed by atoms with E-state index >= 15 is 0 Å². The highest BCUT2D eigenvalue weighted by atomic mass is 32.1. The molecule has 0 atom stereocenters. The predicted molar refractivity (Wildman–Crippen MR) is 45.3 cm³/mol. The minimum Gasteiger partial charge on any atom is -0.318 e. The summed E-state index contributed by atoms with van der Waals surface area (Å²) in [5.74, 6) is 0.979. The van der Waals surface area contributed by atoms with Crippen molar-refractivity contribution in [3.63, 3.8) is 0 Å². The van der Waals surface area contributed by atoms with E-state index in [0.717, 1.165) is 31.8 Å². The Balaban J connectivity index is 2.60. The first-order valence-electron chi connectivity index (χ1n) is 3.38. The van der Waals surface area contributed by atoms with Crippen molar-refractivity contribution in [2.75, 3.05) is 32.4 Å². The van der Waals surface area contributed by atoms with Gasteiger partial charge in [-0.05, 0) is 25.8 Å². The zero-order valence-electron chi connectivity index (χ0n) is 5.98. The Hall–Kier alpha value is 0.270. The number of hydrogen-bond donors (Lipinski definition) is 3. The van der Waals surface area contributed by atoms with Gasteiger partial charge in [0.25, 0.3) is 0 Å². The Morgan fingerprint density at radius 2 is 2.00 bits per heavy atom. The monoisotopic (exact) mass is 148 g/mol. The molecule has 0 saturated carbocycles. The smallest absolute Gasteiger partial charge is 0.00766 e. The Morgan fingerprint density at radius 3 is 2.56 bits per heavy atom. The van der Waals surface area contributed by atoms with Crippen molar-refractivity contribution in [1.29, 1.82) is 0 Å². The van der Waals surface area contributed by atoms with Crippen LogP contribution in [0.2, 0.25) is 0 Å². The SMILES string of the molecule is CNCCNCCCS. The quantitative estimate of drug-likeness (QED) is 0.368. The van der Waals surface area contributed by atoms with E-state index in [0.29, 0.717) is 0 Å². The van der Waals surface area contributed by atoms with Crippen LogP contribution in [0.3, 0.4) is 0 Å². The molecule has 0 radical (unpaired) electrons. The lowest BCUT2D eigenvalue weighted by molar-refractivity contribution is 0.644. The van der Waals surface area contributed by atoms with Crippen LogP contribution < -0.4 is 10.6 Å². The second-order valence-electron chi connectivity index (χ2n) is 1.93. The van der Waals surface area contributed by atoms with Gasteiger partial charge in [0.05, 0.1) is 0 Å². The van der Waals surface area contributed by atoms with Crippen molar-refractivity contribution in [3.05, 3.63) is 0 Å². The normalized spacial score (nSPS) is 10.0. The van der Waals surface area contributed by atoms with Crippen molar-refractivity contribution in [3.8, 4) is 0 Å². The van der Waals surface area contributed by atoms with Crippen LogP contribution in [0.1, 0.15) is 6.42 Å². The number of nitrogens with one attached hydrogen (secondary N) is 2. The standard InChI is InChI=1S/C6H16N2S/c1-7-4-5-8-3-2-6-9/h7-9H,2-6H2,1H3. The van der Waals surface area contributed by atoms with Gasteiger partial charge in [-0.2, -0.15) is 12.6 Å². The van der Waals surface area contributed by atoms with Gasteiger partial charge >= 0.3 is 0 Å². The van der Waals surface area contributed by atoms with Crippen LogP contribution in [-0.4, -0.2) is 32.4 Å². The molecule has 0 aromatic heterocycles. The van der Waals surface area contributed by atoms with Crippen molar-refractivity contribution < 1.29 is 0 Å². The molecule has 9 heavy (non-hydrogen) atoms. The minimum atomic E-state index is 0.979. The second-order valence-corrected chi connectivity index (χ2v) is 2.38. The van der Waals surface area contributed by atoms with Crippen molar-refractivity contribution in [2.45, 2.75) is 6.42 Å². The van der Waals surface area contributed by atoms with Crippen LogP contribution in [-0.2, 0) is 0 Å². The van der Waals surface area contributed by atoms with Gasteiger partial charge < -0.3 is 10.6 Å². The lowest BCUT2D eigenvalue weighted by atomic mass is 10.5. The van der Waals surface area contributed by atoms with Gasteiger partial charge in [0, 0.05) is 13.1 Å². The van der Waals surface area contributed by atoms with Gasteiger partial charge in [0.1, 0.15) is 0 Å². The van der Waals surface area contributed by atoms with Crippen LogP contribution in [0.25, 0.3) is 0 Å². The molecule has 0 amide bonds. The fourth-order valence-electron chi connectivity index (χ4n) is 0.542. The van der Waals surface area contributed by atoms with E-state index in [4.69, 9.17) is 0 Å². The molecule has 3 heteroatoms. The van der Waals surface area contributed by atoms with Crippen LogP contribution in [0.5, 0.6) is 0 Å². The van der Waals surface area contributed by atoms with Gasteiger partial charge in [0.2, 0.25) is 0 Å². The zero-order chi connectivity index (χ0) is 6.95. The minimum absolute atomic E-state index is 0.979. The molecular weight excluding hydrogens is 132 g/mol. The van der Waals surface area contributed by atoms with E-state index in [1.165, 1.54) is 0 Å². The first kappa shape index (κ1) is 9.27. The van der Waals surface area contributed by atoms with Gasteiger partial charge in [-0.1, -0.05) is 0 Å². The number of hydrogen-bond acceptors (Lipinski definition) is 3. The first-order chi connectivity index (χ1) is 4.41. The number of thiol groups is 1. The summed E-state index contributed by atoms with van der Waals surface area (Å²) < 4.78 is 0. The molecule has 0 aliphatic carbocycles. The van der Waals surface area contributed by atoms with Crippen LogP contribution in [0.15, 0.2) is 0 Å². The molecule has 0 aliphatic rings. The third-order valence-electron chi connectivity index (χ3n) is 1.06. The topological polar surface area (TPSA) is 24.1 Å². The molecule has 0 unspecified atom stereocenters. The molecule has 0 aromatic rings. The van der Waals surface area contributed by atoms with Gasteiger partial charge in [0.15, 0.2) is 0 Å². The summed E-state index contributed by atoms with van der Waals surface area (Å²) in [4.78, 5) is 0. The number of likely N-dealkylation sites (N-methyl/N-ethyl adjacent to an activating group) is 1. The van der Waals surface area contributed by atoms with Crippen LogP contribution in [0.4, 0.5) is 0 Å². The highest BCUT2D eigenvalue weighted by Gasteiger charge is 1.82. The van der Waals surface area contributed by atoms with E-state index in [2.05, 4.69) is 23.3 Å². The summed E-state index contributed by atoms with van der Waals surface area (Å²) in [5.41, 5.74) is 0. The molecule has 0 spiro atoms. The third kappa shape index (κ3) is 8.27. The van der Waals surface area contributed by atoms with E-state index in [9.17, 15) is 0 Å². The van der Waals surface area contributed by atoms with E-state index in [-0.39, 0.29) is 0 Å². The molecule has 0 saturated heterocycles. The molecular formula is C6H16N2S. The molecule has 2 nitrogen and oxygen atoms in total. The molecule has 0 aromatic carbocycles. The van der Waals surface area contributed by atoms with E-state index < -0.39 is 0 Å². The Bertz CT molecular complexity index is 44.3. The van der Waals surface area contributed by atoms with E-state index in [1.807, 2.05) is 7.05 Å². The maximum Gasteiger partial charge on any atom is 0.00766 e. The Labute approximate surface area is 62.8 Å². The summed E-state index contributed by atoms with van der Waals surface area (Å²) >= 11 is 4.09. The summed E-state index contributed by atoms with van der Waals surface area (Å²) in [7, 11) is 1.96. The van der Waals surface area contributed by atoms with Crippen LogP contribution >= 0.6 is 12.6 Å². The molecule has 0 fully saturated rings. The van der Waals surface area contributed by atoms with E-state index in [1.54, 1.807) is 0 Å². The second kappa shape index (κ2) is 8.27. The fourth-order valence-corrected chi connectivity index (χ4v) is 0.701. The highest BCUT2D eigenvalue weighted by Crippen LogP contribution is 1.78. The fraction of sp³-hybridized carbons (Fsp3) is 1.00. The predicted octanol–water partition coefficient (Wildman–Crippen LogP) is 0.115. The molecule has 0 rings (SSSR count). The molecule has 2 N–H and O–H groups in total. The molecule has 0 heterocycles. The third-order valence-corrected chi connectivity index (χ3v) is 1.38. The molecule has 0 aliphatic heterocycles. The lowest BCUT2D eigenvalue weighted by Crippen LogP contribution is -2.25. The first-order valence-corrected chi connectivity index (χ1v) is 4.01. The maximum absolute atomic E-state index is 4.09. The summed E-state index contributed by atoms with van der Waals surface area (Å²) in [6, 6.07) is 0. The number of rotatable bonds is 6. The van der Waals surface area contributed by atoms with Crippen molar-refractivity contribution >= 4 is 12.6 Å². The Kier molecular flexibility index (Phi) is 8.52. The summed E-state index contributed by atoms with van der Waals surface area (Å²) in [6.45, 7) is 3.20. The molecule has 0 bridgehead atoms.